The van der Waals surface area contributed by atoms with Gasteiger partial charge in [0.1, 0.15) is 0 Å². The topological polar surface area (TPSA) is 0 Å². The molecule has 0 atom stereocenters. The number of allylic oxidation sites excluding steroid dienone is 4. The van der Waals surface area contributed by atoms with E-state index < -0.39 is 0 Å². The van der Waals surface area contributed by atoms with Gasteiger partial charge in [0.25, 0.3) is 0 Å². The summed E-state index contributed by atoms with van der Waals surface area (Å²) in [6.07, 6.45) is 13.7. The highest BCUT2D eigenvalue weighted by molar-refractivity contribution is 4.90. The van der Waals surface area contributed by atoms with Crippen LogP contribution in [-0.2, 0) is 0 Å². The van der Waals surface area contributed by atoms with Gasteiger partial charge in [0.05, 0.1) is 0 Å². The lowest BCUT2D eigenvalue weighted by atomic mass is 10.2. The molecule has 0 aliphatic rings. The van der Waals surface area contributed by atoms with Crippen LogP contribution in [0, 0.1) is 0 Å². The molecule has 0 aromatic heterocycles. The van der Waals surface area contributed by atoms with Gasteiger partial charge in [0, 0.05) is 0 Å². The molecule has 0 saturated carbocycles. The summed E-state index contributed by atoms with van der Waals surface area (Å²) < 4.78 is 0. The van der Waals surface area contributed by atoms with Gasteiger partial charge in [-0.1, -0.05) is 44.1 Å². The normalized spacial score (nSPS) is 11.8. The number of hydrogen-bond acceptors (Lipinski definition) is 0. The average Bonchev–Trinajstić information content (AvgIpc) is 1.97. The van der Waals surface area contributed by atoms with Crippen molar-refractivity contribution in [3.63, 3.8) is 0 Å². The van der Waals surface area contributed by atoms with Crippen molar-refractivity contribution in [1.82, 2.24) is 0 Å². The van der Waals surface area contributed by atoms with Crippen LogP contribution in [0.4, 0.5) is 0 Å². The molecule has 0 bridgehead atoms. The summed E-state index contributed by atoms with van der Waals surface area (Å²) >= 11 is 0. The van der Waals surface area contributed by atoms with Crippen molar-refractivity contribution in [2.24, 2.45) is 0 Å². The zero-order chi connectivity index (χ0) is 7.66. The second-order valence-corrected chi connectivity index (χ2v) is 2.42. The first-order valence-electron chi connectivity index (χ1n) is 4.18. The van der Waals surface area contributed by atoms with Crippen LogP contribution in [0.15, 0.2) is 24.3 Å². The molecule has 58 valence electrons. The Kier molecular flexibility index (Phi) is 8.04. The highest BCUT2D eigenvalue weighted by atomic mass is 13.8. The summed E-state index contributed by atoms with van der Waals surface area (Å²) in [5, 5.41) is 0. The van der Waals surface area contributed by atoms with Gasteiger partial charge >= 0.3 is 0 Å². The molecule has 0 aliphatic carbocycles. The Hall–Kier alpha value is -0.520. The first-order chi connectivity index (χ1) is 4.91. The van der Waals surface area contributed by atoms with Gasteiger partial charge in [-0.15, -0.1) is 0 Å². The minimum atomic E-state index is 1.10. The molecule has 0 heterocycles. The lowest BCUT2D eigenvalue weighted by molar-refractivity contribution is 0.813. The summed E-state index contributed by atoms with van der Waals surface area (Å²) in [5.74, 6) is 0. The lowest BCUT2D eigenvalue weighted by Gasteiger charge is -1.86. The maximum atomic E-state index is 2.27. The highest BCUT2D eigenvalue weighted by Gasteiger charge is 1.75. The fraction of sp³-hybridized carbons (Fsp3) is 0.600. The van der Waals surface area contributed by atoms with Crippen molar-refractivity contribution in [2.45, 2.75) is 39.5 Å². The SMILES string of the molecule is CC=CC/C=C/CCCC. The standard InChI is InChI=1S/C10H18/c1-3-5-7-9-10-8-6-4-2/h3,5,9-10H,4,6-8H2,1-2H3/b5-3?,10-9+. The molecule has 0 spiro atoms. The van der Waals surface area contributed by atoms with Crippen molar-refractivity contribution in [3.8, 4) is 0 Å². The van der Waals surface area contributed by atoms with Crippen molar-refractivity contribution in [3.05, 3.63) is 24.3 Å². The molecule has 0 nitrogen and oxygen atoms in total. The van der Waals surface area contributed by atoms with Crippen LogP contribution in [-0.4, -0.2) is 0 Å². The molecule has 0 saturated heterocycles. The summed E-state index contributed by atoms with van der Waals surface area (Å²) in [6.45, 7) is 4.28. The van der Waals surface area contributed by atoms with Crippen LogP contribution >= 0.6 is 0 Å². The van der Waals surface area contributed by atoms with Crippen LogP contribution in [0.5, 0.6) is 0 Å². The van der Waals surface area contributed by atoms with Crippen LogP contribution in [0.3, 0.4) is 0 Å². The molecule has 0 aliphatic heterocycles. The summed E-state index contributed by atoms with van der Waals surface area (Å²) in [5.41, 5.74) is 0. The van der Waals surface area contributed by atoms with Gasteiger partial charge in [-0.2, -0.15) is 0 Å². The van der Waals surface area contributed by atoms with E-state index in [1.54, 1.807) is 0 Å². The zero-order valence-electron chi connectivity index (χ0n) is 7.14. The lowest BCUT2D eigenvalue weighted by Crippen LogP contribution is -1.66. The van der Waals surface area contributed by atoms with Crippen LogP contribution in [0.25, 0.3) is 0 Å². The monoisotopic (exact) mass is 138 g/mol. The maximum absolute atomic E-state index is 2.27. The smallest absolute Gasteiger partial charge is 0.0169 e. The van der Waals surface area contributed by atoms with E-state index in [-0.39, 0.29) is 0 Å². The zero-order valence-corrected chi connectivity index (χ0v) is 7.14. The van der Waals surface area contributed by atoms with Crippen LogP contribution in [0.2, 0.25) is 0 Å². The van der Waals surface area contributed by atoms with Crippen molar-refractivity contribution in [2.75, 3.05) is 0 Å². The molecule has 0 fully saturated rings. The van der Waals surface area contributed by atoms with E-state index in [0.717, 1.165) is 6.42 Å². The van der Waals surface area contributed by atoms with E-state index in [0.29, 0.717) is 0 Å². The Labute approximate surface area is 64.6 Å². The van der Waals surface area contributed by atoms with Crippen LogP contribution in [0.1, 0.15) is 39.5 Å². The molecule has 0 unspecified atom stereocenters. The first-order valence-corrected chi connectivity index (χ1v) is 4.18. The van der Waals surface area contributed by atoms with Crippen molar-refractivity contribution < 1.29 is 0 Å². The number of rotatable bonds is 5. The van der Waals surface area contributed by atoms with E-state index in [1.165, 1.54) is 19.3 Å². The molecule has 0 rings (SSSR count). The average molecular weight is 138 g/mol. The van der Waals surface area contributed by atoms with Gasteiger partial charge < -0.3 is 0 Å². The Bertz CT molecular complexity index is 98.6. The second kappa shape index (κ2) is 8.48. The molecule has 10 heavy (non-hydrogen) atoms. The highest BCUT2D eigenvalue weighted by Crippen LogP contribution is 1.96. The van der Waals surface area contributed by atoms with Crippen LogP contribution < -0.4 is 0 Å². The fourth-order valence-corrected chi connectivity index (χ4v) is 0.751. The summed E-state index contributed by atoms with van der Waals surface area (Å²) in [4.78, 5) is 0. The van der Waals surface area contributed by atoms with Gasteiger partial charge in [-0.05, 0) is 19.8 Å². The molecule has 0 N–H and O–H groups in total. The largest absolute Gasteiger partial charge is 0.0914 e. The molecule has 0 heteroatoms. The second-order valence-electron chi connectivity index (χ2n) is 2.42. The van der Waals surface area contributed by atoms with Crippen molar-refractivity contribution >= 4 is 0 Å². The fourth-order valence-electron chi connectivity index (χ4n) is 0.751. The van der Waals surface area contributed by atoms with Crippen molar-refractivity contribution in [1.29, 1.82) is 0 Å². The Morgan fingerprint density at radius 3 is 2.50 bits per heavy atom. The summed E-state index contributed by atoms with van der Waals surface area (Å²) in [7, 11) is 0. The third-order valence-electron chi connectivity index (χ3n) is 1.40. The van der Waals surface area contributed by atoms with Gasteiger partial charge in [0.15, 0.2) is 0 Å². The molecular weight excluding hydrogens is 120 g/mol. The molecule has 0 aromatic rings. The minimum Gasteiger partial charge on any atom is -0.0914 e. The van der Waals surface area contributed by atoms with E-state index in [2.05, 4.69) is 38.2 Å². The quantitative estimate of drug-likeness (QED) is 0.401. The predicted molar refractivity (Wildman–Crippen MR) is 48.1 cm³/mol. The third kappa shape index (κ3) is 7.48. The first kappa shape index (κ1) is 9.48. The molecular formula is C10H18. The Balaban J connectivity index is 3.04. The Morgan fingerprint density at radius 1 is 1.10 bits per heavy atom. The number of hydrogen-bond donors (Lipinski definition) is 0. The Morgan fingerprint density at radius 2 is 1.90 bits per heavy atom. The van der Waals surface area contributed by atoms with E-state index in [1.807, 2.05) is 0 Å². The molecule has 0 amide bonds. The third-order valence-corrected chi connectivity index (χ3v) is 1.40. The van der Waals surface area contributed by atoms with Gasteiger partial charge in [0.2, 0.25) is 0 Å². The van der Waals surface area contributed by atoms with E-state index >= 15 is 0 Å². The van der Waals surface area contributed by atoms with E-state index in [9.17, 15) is 0 Å². The van der Waals surface area contributed by atoms with E-state index in [4.69, 9.17) is 0 Å². The predicted octanol–water partition coefficient (Wildman–Crippen LogP) is 3.70. The minimum absolute atomic E-state index is 1.10. The maximum Gasteiger partial charge on any atom is -0.0169 e. The van der Waals surface area contributed by atoms with Gasteiger partial charge in [-0.3, -0.25) is 0 Å². The van der Waals surface area contributed by atoms with Gasteiger partial charge in [-0.25, -0.2) is 0 Å². The summed E-state index contributed by atoms with van der Waals surface area (Å²) in [6, 6.07) is 0. The number of unbranched alkanes of at least 4 members (excludes halogenated alkanes) is 2. The molecule has 0 aromatic carbocycles. The molecule has 0 radical (unpaired) electrons.